The third-order valence-electron chi connectivity index (χ3n) is 6.32. The van der Waals surface area contributed by atoms with E-state index in [9.17, 15) is 4.79 Å². The van der Waals surface area contributed by atoms with Gasteiger partial charge in [0.25, 0.3) is 0 Å². The van der Waals surface area contributed by atoms with E-state index < -0.39 is 0 Å². The van der Waals surface area contributed by atoms with Crippen LogP contribution in [0.4, 0.5) is 0 Å². The Balaban J connectivity index is 1.46. The van der Waals surface area contributed by atoms with Crippen LogP contribution in [-0.4, -0.2) is 67.8 Å². The molecule has 6 heteroatoms. The van der Waals surface area contributed by atoms with Crippen LogP contribution in [0.5, 0.6) is 11.5 Å². The third kappa shape index (κ3) is 4.28. The van der Waals surface area contributed by atoms with E-state index >= 15 is 0 Å². The van der Waals surface area contributed by atoms with Crippen LogP contribution in [0, 0.1) is 0 Å². The molecule has 0 spiro atoms. The number of fused-ring (bicyclic) bond motifs is 1. The minimum absolute atomic E-state index is 0.235. The molecule has 4 rings (SSSR count). The van der Waals surface area contributed by atoms with Gasteiger partial charge in [-0.05, 0) is 43.9 Å². The Morgan fingerprint density at radius 2 is 2.00 bits per heavy atom. The lowest BCUT2D eigenvalue weighted by Crippen LogP contribution is -2.56. The van der Waals surface area contributed by atoms with Crippen molar-refractivity contribution in [1.29, 1.82) is 0 Å². The predicted octanol–water partition coefficient (Wildman–Crippen LogP) is 2.84. The van der Waals surface area contributed by atoms with Gasteiger partial charge in [0.05, 0.1) is 39.5 Å². The molecular weight excluding hydrogens is 356 g/mol. The summed E-state index contributed by atoms with van der Waals surface area (Å²) in [6, 6.07) is 6.62. The van der Waals surface area contributed by atoms with Gasteiger partial charge in [-0.3, -0.25) is 9.69 Å². The van der Waals surface area contributed by atoms with Crippen molar-refractivity contribution >= 4 is 5.91 Å². The van der Waals surface area contributed by atoms with Gasteiger partial charge in [-0.2, -0.15) is 0 Å². The number of carbonyl (C=O) groups excluding carboxylic acids is 1. The molecule has 3 aliphatic rings. The first-order chi connectivity index (χ1) is 13.7. The third-order valence-corrected chi connectivity index (χ3v) is 6.32. The summed E-state index contributed by atoms with van der Waals surface area (Å²) < 4.78 is 16.9. The van der Waals surface area contributed by atoms with Gasteiger partial charge in [0, 0.05) is 24.7 Å². The molecule has 0 bridgehead atoms. The molecule has 0 aromatic heterocycles. The van der Waals surface area contributed by atoms with Crippen molar-refractivity contribution < 1.29 is 19.0 Å². The summed E-state index contributed by atoms with van der Waals surface area (Å²) in [7, 11) is 3.36. The monoisotopic (exact) mass is 388 g/mol. The van der Waals surface area contributed by atoms with Crippen LogP contribution in [0.3, 0.4) is 0 Å². The summed E-state index contributed by atoms with van der Waals surface area (Å²) in [5.74, 6) is 1.91. The number of hydrogen-bond acceptors (Lipinski definition) is 5. The number of hydrogen-bond donors (Lipinski definition) is 0. The highest BCUT2D eigenvalue weighted by molar-refractivity contribution is 5.79. The van der Waals surface area contributed by atoms with Gasteiger partial charge >= 0.3 is 0 Å². The molecule has 1 aromatic rings. The molecule has 2 atom stereocenters. The zero-order chi connectivity index (χ0) is 19.5. The van der Waals surface area contributed by atoms with E-state index in [0.29, 0.717) is 25.7 Å². The summed E-state index contributed by atoms with van der Waals surface area (Å²) in [6.07, 6.45) is 7.13. The summed E-state index contributed by atoms with van der Waals surface area (Å²) in [4.78, 5) is 17.7. The number of carbonyl (C=O) groups is 1. The number of rotatable bonds is 7. The van der Waals surface area contributed by atoms with Gasteiger partial charge in [0.15, 0.2) is 0 Å². The molecular formula is C22H32N2O4. The SMILES string of the molecule is COc1ccc(OC)c(CN(CC(=O)N2CCO[C@H]3CCCC[C@H]32)C2CC2)c1. The van der Waals surface area contributed by atoms with Crippen molar-refractivity contribution in [3.05, 3.63) is 23.8 Å². The van der Waals surface area contributed by atoms with Crippen LogP contribution < -0.4 is 9.47 Å². The van der Waals surface area contributed by atoms with E-state index in [-0.39, 0.29) is 18.1 Å². The van der Waals surface area contributed by atoms with Crippen molar-refractivity contribution in [2.45, 2.75) is 63.3 Å². The molecule has 1 amide bonds. The van der Waals surface area contributed by atoms with Gasteiger partial charge < -0.3 is 19.1 Å². The molecule has 1 heterocycles. The van der Waals surface area contributed by atoms with Crippen LogP contribution in [0.2, 0.25) is 0 Å². The molecule has 1 aromatic carbocycles. The van der Waals surface area contributed by atoms with Crippen LogP contribution >= 0.6 is 0 Å². The van der Waals surface area contributed by atoms with Gasteiger partial charge in [-0.25, -0.2) is 0 Å². The number of ether oxygens (including phenoxy) is 3. The molecule has 0 N–H and O–H groups in total. The Bertz CT molecular complexity index is 689. The normalized spacial score (nSPS) is 24.8. The largest absolute Gasteiger partial charge is 0.497 e. The van der Waals surface area contributed by atoms with Gasteiger partial charge in [0.2, 0.25) is 5.91 Å². The van der Waals surface area contributed by atoms with Crippen molar-refractivity contribution in [3.63, 3.8) is 0 Å². The predicted molar refractivity (Wildman–Crippen MR) is 107 cm³/mol. The number of benzene rings is 1. The van der Waals surface area contributed by atoms with Crippen molar-refractivity contribution in [2.75, 3.05) is 33.9 Å². The Hall–Kier alpha value is -1.79. The second-order valence-corrected chi connectivity index (χ2v) is 8.16. The van der Waals surface area contributed by atoms with E-state index in [4.69, 9.17) is 14.2 Å². The average Bonchev–Trinajstić information content (AvgIpc) is 3.58. The number of morpholine rings is 1. The van der Waals surface area contributed by atoms with E-state index in [1.54, 1.807) is 14.2 Å². The molecule has 2 saturated carbocycles. The summed E-state index contributed by atoms with van der Waals surface area (Å²) in [6.45, 7) is 2.56. The quantitative estimate of drug-likeness (QED) is 0.719. The topological polar surface area (TPSA) is 51.2 Å². The van der Waals surface area contributed by atoms with Gasteiger partial charge in [-0.1, -0.05) is 12.8 Å². The Morgan fingerprint density at radius 1 is 1.18 bits per heavy atom. The summed E-state index contributed by atoms with van der Waals surface area (Å²) in [5, 5.41) is 0. The van der Waals surface area contributed by atoms with E-state index in [0.717, 1.165) is 49.3 Å². The fourth-order valence-corrected chi connectivity index (χ4v) is 4.65. The minimum Gasteiger partial charge on any atom is -0.497 e. The Labute approximate surface area is 167 Å². The van der Waals surface area contributed by atoms with Crippen LogP contribution in [-0.2, 0) is 16.1 Å². The van der Waals surface area contributed by atoms with Gasteiger partial charge in [-0.15, -0.1) is 0 Å². The maximum atomic E-state index is 13.2. The maximum Gasteiger partial charge on any atom is 0.237 e. The lowest BCUT2D eigenvalue weighted by Gasteiger charge is -2.44. The highest BCUT2D eigenvalue weighted by atomic mass is 16.5. The number of methoxy groups -OCH3 is 2. The summed E-state index contributed by atoms with van der Waals surface area (Å²) in [5.41, 5.74) is 1.07. The first-order valence-corrected chi connectivity index (χ1v) is 10.6. The molecule has 2 aliphatic carbocycles. The second-order valence-electron chi connectivity index (χ2n) is 8.16. The zero-order valence-electron chi connectivity index (χ0n) is 17.1. The summed E-state index contributed by atoms with van der Waals surface area (Å²) >= 11 is 0. The highest BCUT2D eigenvalue weighted by Crippen LogP contribution is 2.33. The van der Waals surface area contributed by atoms with E-state index in [2.05, 4.69) is 9.80 Å². The number of nitrogens with zero attached hydrogens (tertiary/aromatic N) is 2. The molecule has 0 radical (unpaired) electrons. The van der Waals surface area contributed by atoms with Crippen molar-refractivity contribution in [1.82, 2.24) is 9.80 Å². The first kappa shape index (κ1) is 19.5. The molecule has 6 nitrogen and oxygen atoms in total. The molecule has 3 fully saturated rings. The molecule has 0 unspecified atom stereocenters. The lowest BCUT2D eigenvalue weighted by atomic mass is 9.90. The van der Waals surface area contributed by atoms with Crippen molar-refractivity contribution in [3.8, 4) is 11.5 Å². The fraction of sp³-hybridized carbons (Fsp3) is 0.682. The van der Waals surface area contributed by atoms with Crippen LogP contribution in [0.1, 0.15) is 44.1 Å². The highest BCUT2D eigenvalue weighted by Gasteiger charge is 2.38. The van der Waals surface area contributed by atoms with E-state index in [1.807, 2.05) is 18.2 Å². The van der Waals surface area contributed by atoms with Gasteiger partial charge in [0.1, 0.15) is 11.5 Å². The lowest BCUT2D eigenvalue weighted by molar-refractivity contribution is -0.150. The molecule has 154 valence electrons. The number of amides is 1. The van der Waals surface area contributed by atoms with Crippen LogP contribution in [0.15, 0.2) is 18.2 Å². The molecule has 1 aliphatic heterocycles. The van der Waals surface area contributed by atoms with Crippen LogP contribution in [0.25, 0.3) is 0 Å². The zero-order valence-corrected chi connectivity index (χ0v) is 17.1. The fourth-order valence-electron chi connectivity index (χ4n) is 4.65. The second kappa shape index (κ2) is 8.70. The average molecular weight is 389 g/mol. The van der Waals surface area contributed by atoms with E-state index in [1.165, 1.54) is 12.8 Å². The van der Waals surface area contributed by atoms with Crippen molar-refractivity contribution in [2.24, 2.45) is 0 Å². The minimum atomic E-state index is 0.235. The molecule has 1 saturated heterocycles. The smallest absolute Gasteiger partial charge is 0.237 e. The maximum absolute atomic E-state index is 13.2. The molecule has 28 heavy (non-hydrogen) atoms. The Kier molecular flexibility index (Phi) is 6.07. The standard InChI is InChI=1S/C22H32N2O4/c1-26-18-9-10-20(27-2)16(13-18)14-23(17-7-8-17)15-22(25)24-11-12-28-21-6-4-3-5-19(21)24/h9-10,13,17,19,21H,3-8,11-12,14-15H2,1-2H3/t19-,21+/m1/s1. The Morgan fingerprint density at radius 3 is 2.75 bits per heavy atom. The first-order valence-electron chi connectivity index (χ1n) is 10.6.